The molecule has 0 saturated carbocycles. The van der Waals surface area contributed by atoms with Crippen LogP contribution >= 0.6 is 0 Å². The van der Waals surface area contributed by atoms with Crippen LogP contribution in [0.3, 0.4) is 0 Å². The molecule has 0 aliphatic heterocycles. The van der Waals surface area contributed by atoms with Crippen LogP contribution in [-0.4, -0.2) is 14.5 Å². The lowest BCUT2D eigenvalue weighted by Crippen LogP contribution is -2.20. The highest BCUT2D eigenvalue weighted by atomic mass is 19.1. The van der Waals surface area contributed by atoms with Gasteiger partial charge in [-0.3, -0.25) is 9.20 Å². The molecule has 0 saturated heterocycles. The van der Waals surface area contributed by atoms with Crippen LogP contribution in [0.2, 0.25) is 0 Å². The summed E-state index contributed by atoms with van der Waals surface area (Å²) in [6.07, 6.45) is 1.68. The first kappa shape index (κ1) is 13.5. The van der Waals surface area contributed by atoms with Crippen molar-refractivity contribution in [2.45, 2.75) is 13.5 Å². The number of hydrogen-bond acceptors (Lipinski definition) is 3. The van der Waals surface area contributed by atoms with Crippen LogP contribution < -0.4 is 5.56 Å². The van der Waals surface area contributed by atoms with Crippen molar-refractivity contribution in [3.63, 3.8) is 0 Å². The average molecular weight is 284 g/mol. The molecule has 0 radical (unpaired) electrons. The van der Waals surface area contributed by atoms with Crippen molar-refractivity contribution in [1.29, 1.82) is 0 Å². The van der Waals surface area contributed by atoms with Crippen LogP contribution in [0.15, 0.2) is 47.4 Å². The van der Waals surface area contributed by atoms with Gasteiger partial charge in [-0.25, -0.2) is 9.37 Å². The lowest BCUT2D eigenvalue weighted by atomic mass is 10.1. The Morgan fingerprint density at radius 1 is 1.29 bits per heavy atom. The summed E-state index contributed by atoms with van der Waals surface area (Å²) in [7, 11) is 0. The molecule has 0 unspecified atom stereocenters. The highest BCUT2D eigenvalue weighted by Gasteiger charge is 2.14. The zero-order chi connectivity index (χ0) is 15.0. The van der Waals surface area contributed by atoms with Gasteiger partial charge in [0.2, 0.25) is 0 Å². The van der Waals surface area contributed by atoms with Gasteiger partial charge in [-0.2, -0.15) is 0 Å². The number of halogens is 1. The van der Waals surface area contributed by atoms with Gasteiger partial charge in [0, 0.05) is 6.20 Å². The van der Waals surface area contributed by atoms with Crippen molar-refractivity contribution < 1.29 is 9.50 Å². The fourth-order valence-electron chi connectivity index (χ4n) is 2.34. The Hall–Kier alpha value is -2.53. The van der Waals surface area contributed by atoms with Crippen LogP contribution in [-0.2, 0) is 6.61 Å². The van der Waals surface area contributed by atoms with E-state index in [9.17, 15) is 14.3 Å². The third-order valence-corrected chi connectivity index (χ3v) is 3.31. The van der Waals surface area contributed by atoms with Gasteiger partial charge >= 0.3 is 0 Å². The number of hydrogen-bond donors (Lipinski definition) is 1. The van der Waals surface area contributed by atoms with E-state index in [1.54, 1.807) is 18.3 Å². The molecule has 0 amide bonds. The molecule has 21 heavy (non-hydrogen) atoms. The summed E-state index contributed by atoms with van der Waals surface area (Å²) < 4.78 is 14.8. The second-order valence-electron chi connectivity index (χ2n) is 4.84. The fourth-order valence-corrected chi connectivity index (χ4v) is 2.34. The monoisotopic (exact) mass is 284 g/mol. The smallest absolute Gasteiger partial charge is 0.266 e. The highest BCUT2D eigenvalue weighted by Crippen LogP contribution is 2.20. The Kier molecular flexibility index (Phi) is 3.27. The number of benzene rings is 1. The molecule has 0 aliphatic rings. The van der Waals surface area contributed by atoms with Crippen LogP contribution in [0, 0.1) is 12.7 Å². The largest absolute Gasteiger partial charge is 0.390 e. The van der Waals surface area contributed by atoms with Gasteiger partial charge in [-0.1, -0.05) is 18.2 Å². The first-order valence-corrected chi connectivity index (χ1v) is 6.49. The Bertz CT molecular complexity index is 887. The van der Waals surface area contributed by atoms with E-state index in [1.165, 1.54) is 22.6 Å². The summed E-state index contributed by atoms with van der Waals surface area (Å²) in [5.74, 6) is -0.440. The molecular formula is C16H13FN2O2. The Balaban J connectivity index is 2.40. The molecule has 2 aromatic heterocycles. The van der Waals surface area contributed by atoms with Crippen molar-refractivity contribution in [3.8, 4) is 11.1 Å². The quantitative estimate of drug-likeness (QED) is 0.785. The van der Waals surface area contributed by atoms with E-state index in [0.717, 1.165) is 5.56 Å². The molecule has 0 atom stereocenters. The van der Waals surface area contributed by atoms with Crippen molar-refractivity contribution in [3.05, 3.63) is 70.0 Å². The maximum atomic E-state index is 13.4. The summed E-state index contributed by atoms with van der Waals surface area (Å²) in [4.78, 5) is 17.0. The lowest BCUT2D eigenvalue weighted by molar-refractivity contribution is 0.277. The van der Waals surface area contributed by atoms with Crippen molar-refractivity contribution in [2.75, 3.05) is 0 Å². The Morgan fingerprint density at radius 2 is 2.10 bits per heavy atom. The molecule has 3 aromatic rings. The van der Waals surface area contributed by atoms with Gasteiger partial charge < -0.3 is 5.11 Å². The van der Waals surface area contributed by atoms with Gasteiger partial charge in [0.1, 0.15) is 11.5 Å². The molecule has 0 fully saturated rings. The third kappa shape index (κ3) is 2.32. The van der Waals surface area contributed by atoms with Crippen LogP contribution in [0.5, 0.6) is 0 Å². The van der Waals surface area contributed by atoms with E-state index < -0.39 is 5.82 Å². The minimum atomic E-state index is -0.440. The molecule has 1 N–H and O–H groups in total. The molecule has 106 valence electrons. The minimum absolute atomic E-state index is 0.222. The van der Waals surface area contributed by atoms with Gasteiger partial charge in [-0.05, 0) is 36.2 Å². The predicted octanol–water partition coefficient (Wildman–Crippen LogP) is 2.30. The number of nitrogens with zero attached hydrogens (tertiary/aromatic N) is 2. The van der Waals surface area contributed by atoms with Crippen LogP contribution in [0.1, 0.15) is 11.3 Å². The van der Waals surface area contributed by atoms with Crippen molar-refractivity contribution in [2.24, 2.45) is 0 Å². The van der Waals surface area contributed by atoms with E-state index in [0.29, 0.717) is 11.2 Å². The number of aliphatic hydroxyl groups excluding tert-OH is 1. The summed E-state index contributed by atoms with van der Waals surface area (Å²) in [5.41, 5.74) is 1.92. The molecule has 4 nitrogen and oxygen atoms in total. The predicted molar refractivity (Wildman–Crippen MR) is 77.5 cm³/mol. The Morgan fingerprint density at radius 3 is 2.81 bits per heavy atom. The minimum Gasteiger partial charge on any atom is -0.390 e. The number of rotatable bonds is 2. The lowest BCUT2D eigenvalue weighted by Gasteiger charge is -2.10. The van der Waals surface area contributed by atoms with E-state index in [2.05, 4.69) is 4.98 Å². The summed E-state index contributed by atoms with van der Waals surface area (Å²) >= 11 is 0. The van der Waals surface area contributed by atoms with E-state index in [4.69, 9.17) is 0 Å². The molecule has 5 heteroatoms. The number of aromatic nitrogens is 2. The molecule has 3 rings (SSSR count). The van der Waals surface area contributed by atoms with Gasteiger partial charge in [0.25, 0.3) is 5.56 Å². The van der Waals surface area contributed by atoms with Gasteiger partial charge in [0.15, 0.2) is 0 Å². The number of aliphatic hydroxyl groups is 1. The van der Waals surface area contributed by atoms with Crippen molar-refractivity contribution >= 4 is 5.65 Å². The average Bonchev–Trinajstić information content (AvgIpc) is 2.47. The maximum Gasteiger partial charge on any atom is 0.266 e. The standard InChI is InChI=1S/C16H13FN2O2/c1-10-5-6-14-18-13(9-20)15(16(21)19(14)8-10)11-3-2-4-12(17)7-11/h2-8,20H,9H2,1H3. The van der Waals surface area contributed by atoms with Gasteiger partial charge in [0.05, 0.1) is 17.9 Å². The summed E-state index contributed by atoms with van der Waals surface area (Å²) in [6, 6.07) is 9.27. The first-order valence-electron chi connectivity index (χ1n) is 6.49. The first-order chi connectivity index (χ1) is 10.1. The zero-order valence-electron chi connectivity index (χ0n) is 11.4. The Labute approximate surface area is 120 Å². The topological polar surface area (TPSA) is 54.6 Å². The molecular weight excluding hydrogens is 271 g/mol. The number of fused-ring (bicyclic) bond motifs is 1. The SMILES string of the molecule is Cc1ccc2nc(CO)c(-c3cccc(F)c3)c(=O)n2c1. The number of aryl methyl sites for hydroxylation is 1. The molecule has 0 spiro atoms. The van der Waals surface area contributed by atoms with Crippen molar-refractivity contribution in [1.82, 2.24) is 9.38 Å². The second kappa shape index (κ2) is 5.10. The number of pyridine rings is 1. The molecule has 0 bridgehead atoms. The van der Waals surface area contributed by atoms with Crippen LogP contribution in [0.25, 0.3) is 16.8 Å². The summed E-state index contributed by atoms with van der Waals surface area (Å²) in [6.45, 7) is 1.49. The third-order valence-electron chi connectivity index (χ3n) is 3.31. The maximum absolute atomic E-state index is 13.4. The zero-order valence-corrected chi connectivity index (χ0v) is 11.4. The summed E-state index contributed by atoms with van der Waals surface area (Å²) in [5, 5.41) is 9.48. The second-order valence-corrected chi connectivity index (χ2v) is 4.84. The fraction of sp³-hybridized carbons (Fsp3) is 0.125. The molecule has 0 aliphatic carbocycles. The van der Waals surface area contributed by atoms with Crippen LogP contribution in [0.4, 0.5) is 4.39 Å². The normalized spacial score (nSPS) is 11.0. The van der Waals surface area contributed by atoms with Gasteiger partial charge in [-0.15, -0.1) is 0 Å². The van der Waals surface area contributed by atoms with E-state index in [-0.39, 0.29) is 23.4 Å². The highest BCUT2D eigenvalue weighted by molar-refractivity contribution is 5.66. The molecule has 1 aromatic carbocycles. The molecule has 2 heterocycles. The van der Waals surface area contributed by atoms with E-state index in [1.807, 2.05) is 13.0 Å². The van der Waals surface area contributed by atoms with E-state index >= 15 is 0 Å².